The molecule has 10 heteroatoms. The summed E-state index contributed by atoms with van der Waals surface area (Å²) in [6.07, 6.45) is 8.17. The number of benzene rings is 1. The second-order valence-electron chi connectivity index (χ2n) is 7.82. The van der Waals surface area contributed by atoms with Crippen LogP contribution in [-0.2, 0) is 20.4 Å². The van der Waals surface area contributed by atoms with E-state index in [9.17, 15) is 18.2 Å². The van der Waals surface area contributed by atoms with Gasteiger partial charge in [-0.3, -0.25) is 18.8 Å². The summed E-state index contributed by atoms with van der Waals surface area (Å²) in [5, 5.41) is 16.2. The van der Waals surface area contributed by atoms with Gasteiger partial charge in [-0.2, -0.15) is 5.10 Å². The minimum absolute atomic E-state index is 0.0191. The Balaban J connectivity index is 1.84. The van der Waals surface area contributed by atoms with Gasteiger partial charge in [0.1, 0.15) is 5.82 Å². The molecule has 2 atom stereocenters. The van der Waals surface area contributed by atoms with Crippen LogP contribution in [0.1, 0.15) is 49.6 Å². The number of allylic oxidation sites excluding steroid dienone is 1. The Bertz CT molecular complexity index is 1320. The molecule has 188 valence electrons. The summed E-state index contributed by atoms with van der Waals surface area (Å²) in [7, 11) is -1.52. The molecular weight excluding hydrogens is 483 g/mol. The molecule has 0 aliphatic rings. The Morgan fingerprint density at radius 1 is 1.25 bits per heavy atom. The van der Waals surface area contributed by atoms with Gasteiger partial charge in [-0.05, 0) is 55.3 Å². The molecule has 3 aromatic rings. The number of aliphatic carboxylic acids is 1. The van der Waals surface area contributed by atoms with Crippen LogP contribution >= 0.6 is 0 Å². The molecule has 1 amide bonds. The van der Waals surface area contributed by atoms with Gasteiger partial charge in [-0.15, -0.1) is 0 Å². The third-order valence-electron chi connectivity index (χ3n) is 5.51. The van der Waals surface area contributed by atoms with Gasteiger partial charge in [0.05, 0.1) is 45.7 Å². The standard InChI is InChI=1S/C26H27FN4O4S/c1-4-21(22-16-29-31(24(22)6-3)19-9-7-18(27)8-10-19)26(34)30-23(5-2)17-13-20(15-28-14-17)36(35)12-11-25(32)33/h4,6-10,13-16,23H,3,5,11-12H2,1-2H3,(H,30,34)(H,32,33)/b21-4+. The fourth-order valence-corrected chi connectivity index (χ4v) is 4.71. The molecule has 0 aliphatic carbocycles. The van der Waals surface area contributed by atoms with Gasteiger partial charge in [0.15, 0.2) is 0 Å². The Hall–Kier alpha value is -3.92. The normalized spacial score (nSPS) is 13.1. The fraction of sp³-hybridized carbons (Fsp3) is 0.231. The number of carboxylic acid groups (broad SMARTS) is 1. The zero-order valence-corrected chi connectivity index (χ0v) is 20.8. The van der Waals surface area contributed by atoms with Crippen molar-refractivity contribution in [2.24, 2.45) is 0 Å². The average molecular weight is 511 g/mol. The lowest BCUT2D eigenvalue weighted by atomic mass is 10.0. The topological polar surface area (TPSA) is 114 Å². The number of amides is 1. The molecule has 36 heavy (non-hydrogen) atoms. The predicted molar refractivity (Wildman–Crippen MR) is 136 cm³/mol. The van der Waals surface area contributed by atoms with Crippen molar-refractivity contribution in [3.63, 3.8) is 0 Å². The maximum absolute atomic E-state index is 13.4. The molecule has 2 N–H and O–H groups in total. The van der Waals surface area contributed by atoms with Crippen LogP contribution in [-0.4, -0.2) is 41.7 Å². The monoisotopic (exact) mass is 510 g/mol. The summed E-state index contributed by atoms with van der Waals surface area (Å²) in [5.41, 5.74) is 2.80. The van der Waals surface area contributed by atoms with E-state index in [0.717, 1.165) is 0 Å². The molecule has 0 aliphatic heterocycles. The molecule has 0 saturated carbocycles. The van der Waals surface area contributed by atoms with Gasteiger partial charge in [0.25, 0.3) is 5.91 Å². The van der Waals surface area contributed by atoms with E-state index < -0.39 is 22.8 Å². The van der Waals surface area contributed by atoms with E-state index in [1.807, 2.05) is 6.92 Å². The molecular formula is C26H27FN4O4S. The first-order chi connectivity index (χ1) is 17.3. The van der Waals surface area contributed by atoms with E-state index in [1.165, 1.54) is 18.3 Å². The smallest absolute Gasteiger partial charge is 0.304 e. The zero-order valence-electron chi connectivity index (χ0n) is 20.0. The number of halogens is 1. The Labute approximate surface area is 211 Å². The average Bonchev–Trinajstić information content (AvgIpc) is 3.30. The second-order valence-corrected chi connectivity index (χ2v) is 9.39. The van der Waals surface area contributed by atoms with Crippen LogP contribution in [0.3, 0.4) is 0 Å². The number of rotatable bonds is 11. The number of aromatic nitrogens is 3. The molecule has 0 radical (unpaired) electrons. The van der Waals surface area contributed by atoms with Crippen molar-refractivity contribution in [1.82, 2.24) is 20.1 Å². The molecule has 3 rings (SSSR count). The van der Waals surface area contributed by atoms with Crippen molar-refractivity contribution in [2.45, 2.75) is 37.6 Å². The van der Waals surface area contributed by atoms with E-state index >= 15 is 0 Å². The lowest BCUT2D eigenvalue weighted by molar-refractivity contribution is -0.136. The highest BCUT2D eigenvalue weighted by atomic mass is 32.2. The second kappa shape index (κ2) is 12.2. The minimum atomic E-state index is -1.52. The fourth-order valence-electron chi connectivity index (χ4n) is 3.66. The van der Waals surface area contributed by atoms with Gasteiger partial charge in [0.2, 0.25) is 0 Å². The highest BCUT2D eigenvalue weighted by Gasteiger charge is 2.22. The van der Waals surface area contributed by atoms with E-state index in [-0.39, 0.29) is 23.9 Å². The van der Waals surface area contributed by atoms with Crippen molar-refractivity contribution in [1.29, 1.82) is 0 Å². The van der Waals surface area contributed by atoms with Gasteiger partial charge in [0, 0.05) is 29.3 Å². The maximum atomic E-state index is 13.4. The van der Waals surface area contributed by atoms with E-state index in [0.29, 0.717) is 39.4 Å². The number of pyridine rings is 1. The number of carbonyl (C=O) groups excluding carboxylic acids is 1. The predicted octanol–water partition coefficient (Wildman–Crippen LogP) is 4.30. The third kappa shape index (κ3) is 6.19. The van der Waals surface area contributed by atoms with Crippen LogP contribution in [0, 0.1) is 5.82 Å². The van der Waals surface area contributed by atoms with Crippen LogP contribution in [0.25, 0.3) is 17.3 Å². The number of hydrogen-bond acceptors (Lipinski definition) is 5. The lowest BCUT2D eigenvalue weighted by Gasteiger charge is -2.19. The summed E-state index contributed by atoms with van der Waals surface area (Å²) < 4.78 is 27.4. The zero-order chi connectivity index (χ0) is 26.2. The Morgan fingerprint density at radius 3 is 2.58 bits per heavy atom. The summed E-state index contributed by atoms with van der Waals surface area (Å²) in [6.45, 7) is 7.49. The number of carboxylic acids is 1. The summed E-state index contributed by atoms with van der Waals surface area (Å²) >= 11 is 0. The number of hydrogen-bond donors (Lipinski definition) is 2. The molecule has 1 aromatic carbocycles. The maximum Gasteiger partial charge on any atom is 0.304 e. The van der Waals surface area contributed by atoms with Gasteiger partial charge in [-0.1, -0.05) is 19.6 Å². The first-order valence-electron chi connectivity index (χ1n) is 11.3. The highest BCUT2D eigenvalue weighted by molar-refractivity contribution is 7.85. The number of nitrogens with one attached hydrogen (secondary N) is 1. The van der Waals surface area contributed by atoms with Crippen molar-refractivity contribution in [2.75, 3.05) is 5.75 Å². The highest BCUT2D eigenvalue weighted by Crippen LogP contribution is 2.26. The van der Waals surface area contributed by atoms with Crippen LogP contribution in [0.5, 0.6) is 0 Å². The molecule has 0 spiro atoms. The third-order valence-corrected chi connectivity index (χ3v) is 6.83. The van der Waals surface area contributed by atoms with Crippen molar-refractivity contribution >= 4 is 34.3 Å². The molecule has 2 aromatic heterocycles. The van der Waals surface area contributed by atoms with Crippen LogP contribution in [0.2, 0.25) is 0 Å². The number of carbonyl (C=O) groups is 2. The first-order valence-corrected chi connectivity index (χ1v) is 12.6. The lowest BCUT2D eigenvalue weighted by Crippen LogP contribution is -2.29. The summed E-state index contributed by atoms with van der Waals surface area (Å²) in [4.78, 5) is 28.7. The molecule has 0 saturated heterocycles. The van der Waals surface area contributed by atoms with E-state index in [4.69, 9.17) is 5.11 Å². The van der Waals surface area contributed by atoms with Crippen LogP contribution in [0.4, 0.5) is 4.39 Å². The largest absolute Gasteiger partial charge is 0.481 e. The van der Waals surface area contributed by atoms with E-state index in [1.54, 1.807) is 54.4 Å². The van der Waals surface area contributed by atoms with Gasteiger partial charge < -0.3 is 10.4 Å². The first kappa shape index (κ1) is 26.7. The van der Waals surface area contributed by atoms with Crippen molar-refractivity contribution in [3.8, 4) is 5.69 Å². The molecule has 2 heterocycles. The molecule has 0 fully saturated rings. The van der Waals surface area contributed by atoms with E-state index in [2.05, 4.69) is 22.0 Å². The Kier molecular flexibility index (Phi) is 9.02. The molecule has 8 nitrogen and oxygen atoms in total. The van der Waals surface area contributed by atoms with Gasteiger partial charge in [-0.25, -0.2) is 9.07 Å². The summed E-state index contributed by atoms with van der Waals surface area (Å²) in [5.74, 6) is -1.75. The molecule has 0 bridgehead atoms. The Morgan fingerprint density at radius 2 is 1.97 bits per heavy atom. The molecule has 2 unspecified atom stereocenters. The van der Waals surface area contributed by atoms with Crippen molar-refractivity contribution < 1.29 is 23.3 Å². The summed E-state index contributed by atoms with van der Waals surface area (Å²) in [6, 6.07) is 7.08. The minimum Gasteiger partial charge on any atom is -0.481 e. The SMILES string of the molecule is C=Cc1c(/C(=C\C)C(=O)NC(CC)c2cncc(S(=O)CCC(=O)O)c2)cnn1-c1ccc(F)cc1. The number of nitrogens with zero attached hydrogens (tertiary/aromatic N) is 3. The van der Waals surface area contributed by atoms with Crippen LogP contribution in [0.15, 0.2) is 66.5 Å². The van der Waals surface area contributed by atoms with Crippen molar-refractivity contribution in [3.05, 3.63) is 84.2 Å². The quantitative estimate of drug-likeness (QED) is 0.372. The van der Waals surface area contributed by atoms with Crippen LogP contribution < -0.4 is 5.32 Å². The van der Waals surface area contributed by atoms with Gasteiger partial charge >= 0.3 is 5.97 Å².